The lowest BCUT2D eigenvalue weighted by Crippen LogP contribution is -2.38. The largest absolute Gasteiger partial charge is 0.492 e. The fourth-order valence-electron chi connectivity index (χ4n) is 4.09. The molecular formula is C26H26N4O5. The Morgan fingerprint density at radius 1 is 1.11 bits per heavy atom. The predicted molar refractivity (Wildman–Crippen MR) is 131 cm³/mol. The van der Waals surface area contributed by atoms with Gasteiger partial charge < -0.3 is 19.3 Å². The summed E-state index contributed by atoms with van der Waals surface area (Å²) in [6, 6.07) is 14.2. The van der Waals surface area contributed by atoms with Gasteiger partial charge in [-0.1, -0.05) is 17.3 Å². The van der Waals surface area contributed by atoms with Crippen LogP contribution in [0.5, 0.6) is 5.75 Å². The number of benzene rings is 2. The van der Waals surface area contributed by atoms with Crippen LogP contribution in [0.2, 0.25) is 0 Å². The van der Waals surface area contributed by atoms with Crippen LogP contribution in [0.4, 0.5) is 5.82 Å². The van der Waals surface area contributed by atoms with Crippen molar-refractivity contribution < 1.29 is 18.8 Å². The smallest absolute Gasteiger partial charge is 0.263 e. The molecule has 1 aliphatic heterocycles. The van der Waals surface area contributed by atoms with E-state index in [2.05, 4.69) is 15.4 Å². The van der Waals surface area contributed by atoms with Gasteiger partial charge in [-0.25, -0.2) is 0 Å². The van der Waals surface area contributed by atoms with Crippen molar-refractivity contribution in [2.24, 2.45) is 0 Å². The Balaban J connectivity index is 1.39. The van der Waals surface area contributed by atoms with Crippen LogP contribution in [0.1, 0.15) is 15.9 Å². The number of aromatic nitrogens is 2. The number of anilines is 1. The van der Waals surface area contributed by atoms with Gasteiger partial charge in [0.15, 0.2) is 5.82 Å². The van der Waals surface area contributed by atoms with E-state index in [4.69, 9.17) is 14.0 Å². The van der Waals surface area contributed by atoms with Gasteiger partial charge in [0.25, 0.3) is 11.5 Å². The van der Waals surface area contributed by atoms with Crippen molar-refractivity contribution in [1.29, 1.82) is 0 Å². The van der Waals surface area contributed by atoms with Crippen LogP contribution in [0.15, 0.2) is 70.3 Å². The van der Waals surface area contributed by atoms with E-state index in [1.54, 1.807) is 35.0 Å². The predicted octanol–water partition coefficient (Wildman–Crippen LogP) is 3.25. The zero-order valence-corrected chi connectivity index (χ0v) is 19.4. The molecular weight excluding hydrogens is 448 g/mol. The highest BCUT2D eigenvalue weighted by Crippen LogP contribution is 2.21. The van der Waals surface area contributed by atoms with Gasteiger partial charge in [-0.05, 0) is 48.2 Å². The van der Waals surface area contributed by atoms with Crippen LogP contribution in [-0.2, 0) is 4.74 Å². The van der Waals surface area contributed by atoms with E-state index in [1.807, 2.05) is 31.2 Å². The first-order valence-corrected chi connectivity index (χ1v) is 11.5. The van der Waals surface area contributed by atoms with Crippen LogP contribution >= 0.6 is 0 Å². The van der Waals surface area contributed by atoms with E-state index in [1.165, 1.54) is 6.26 Å². The maximum absolute atomic E-state index is 13.5. The summed E-state index contributed by atoms with van der Waals surface area (Å²) in [4.78, 5) is 28.4. The molecule has 0 spiro atoms. The van der Waals surface area contributed by atoms with Crippen LogP contribution in [0.25, 0.3) is 16.5 Å². The summed E-state index contributed by atoms with van der Waals surface area (Å²) >= 11 is 0. The van der Waals surface area contributed by atoms with Crippen molar-refractivity contribution in [2.75, 3.05) is 44.8 Å². The first-order chi connectivity index (χ1) is 17.1. The zero-order chi connectivity index (χ0) is 24.2. The molecule has 0 radical (unpaired) electrons. The molecule has 4 aromatic rings. The first kappa shape index (κ1) is 22.8. The van der Waals surface area contributed by atoms with Gasteiger partial charge in [0.1, 0.15) is 18.6 Å². The maximum Gasteiger partial charge on any atom is 0.263 e. The third kappa shape index (κ3) is 5.11. The Morgan fingerprint density at radius 3 is 2.77 bits per heavy atom. The molecule has 35 heavy (non-hydrogen) atoms. The summed E-state index contributed by atoms with van der Waals surface area (Å²) in [6.45, 7) is 6.55. The van der Waals surface area contributed by atoms with E-state index in [0.717, 1.165) is 43.8 Å². The molecule has 5 rings (SSSR count). The number of pyridine rings is 1. The molecule has 1 aliphatic rings. The molecule has 180 valence electrons. The van der Waals surface area contributed by atoms with E-state index in [-0.39, 0.29) is 11.5 Å². The average Bonchev–Trinajstić information content (AvgIpc) is 3.39. The summed E-state index contributed by atoms with van der Waals surface area (Å²) in [5, 5.41) is 7.75. The number of hydrogen-bond donors (Lipinski definition) is 1. The highest BCUT2D eigenvalue weighted by Gasteiger charge is 2.14. The minimum Gasteiger partial charge on any atom is -0.492 e. The van der Waals surface area contributed by atoms with Crippen molar-refractivity contribution in [1.82, 2.24) is 14.6 Å². The molecule has 3 heterocycles. The molecule has 1 fully saturated rings. The molecule has 0 saturated carbocycles. The van der Waals surface area contributed by atoms with Crippen molar-refractivity contribution in [3.05, 3.63) is 82.5 Å². The van der Waals surface area contributed by atoms with Crippen LogP contribution in [0, 0.1) is 6.92 Å². The van der Waals surface area contributed by atoms with Crippen molar-refractivity contribution in [3.8, 4) is 11.4 Å². The highest BCUT2D eigenvalue weighted by molar-refractivity contribution is 6.04. The monoisotopic (exact) mass is 474 g/mol. The molecule has 0 bridgehead atoms. The Hall–Kier alpha value is -3.95. The minimum atomic E-state index is -0.343. The van der Waals surface area contributed by atoms with Gasteiger partial charge in [0, 0.05) is 37.5 Å². The number of carbonyl (C=O) groups is 1. The Bertz CT molecular complexity index is 1390. The fraction of sp³-hybridized carbons (Fsp3) is 0.269. The molecule has 1 amide bonds. The molecule has 9 nitrogen and oxygen atoms in total. The number of aryl methyl sites for hydroxylation is 1. The number of ether oxygens (including phenoxy) is 2. The lowest BCUT2D eigenvalue weighted by molar-refractivity contribution is 0.0322. The van der Waals surface area contributed by atoms with Gasteiger partial charge in [-0.15, -0.1) is 0 Å². The van der Waals surface area contributed by atoms with Crippen LogP contribution < -0.4 is 15.6 Å². The third-order valence-electron chi connectivity index (χ3n) is 6.07. The molecule has 0 atom stereocenters. The SMILES string of the molecule is Cc1ccc(C(=O)Nc2ccon2)cc1-n1ccc2ccc(OCCN3CCOCC3)cc2c1=O. The third-order valence-corrected chi connectivity index (χ3v) is 6.07. The standard InChI is InChI=1S/C26H26N4O5/c1-18-2-3-20(25(31)27-24-7-12-35-28-24)16-23(18)30-8-6-19-4-5-21(17-22(19)26(30)32)34-15-11-29-9-13-33-14-10-29/h2-8,12,16-17H,9-11,13-15H2,1H3,(H,27,28,31). The summed E-state index contributed by atoms with van der Waals surface area (Å²) in [5.41, 5.74) is 1.71. The van der Waals surface area contributed by atoms with Crippen molar-refractivity contribution in [3.63, 3.8) is 0 Å². The van der Waals surface area contributed by atoms with E-state index in [0.29, 0.717) is 34.8 Å². The lowest BCUT2D eigenvalue weighted by atomic mass is 10.1. The minimum absolute atomic E-state index is 0.182. The number of amides is 1. The number of rotatable bonds is 7. The normalized spacial score (nSPS) is 14.2. The number of morpholine rings is 1. The number of hydrogen-bond acceptors (Lipinski definition) is 7. The summed E-state index contributed by atoms with van der Waals surface area (Å²) in [7, 11) is 0. The average molecular weight is 475 g/mol. The fourth-order valence-corrected chi connectivity index (χ4v) is 4.09. The summed E-state index contributed by atoms with van der Waals surface area (Å²) in [5.74, 6) is 0.629. The quantitative estimate of drug-likeness (QED) is 0.439. The van der Waals surface area contributed by atoms with Crippen molar-refractivity contribution in [2.45, 2.75) is 6.92 Å². The topological polar surface area (TPSA) is 98.8 Å². The highest BCUT2D eigenvalue weighted by atomic mass is 16.5. The van der Waals surface area contributed by atoms with Crippen molar-refractivity contribution >= 4 is 22.5 Å². The molecule has 0 aliphatic carbocycles. The summed E-state index contributed by atoms with van der Waals surface area (Å²) < 4.78 is 17.6. The molecule has 1 N–H and O–H groups in total. The number of fused-ring (bicyclic) bond motifs is 1. The van der Waals surface area contributed by atoms with Gasteiger partial charge in [-0.2, -0.15) is 0 Å². The molecule has 0 unspecified atom stereocenters. The molecule has 1 saturated heterocycles. The molecule has 9 heteroatoms. The van der Waals surface area contributed by atoms with Crippen LogP contribution in [-0.4, -0.2) is 60.0 Å². The second kappa shape index (κ2) is 10.1. The van der Waals surface area contributed by atoms with Gasteiger partial charge >= 0.3 is 0 Å². The zero-order valence-electron chi connectivity index (χ0n) is 19.4. The van der Waals surface area contributed by atoms with E-state index < -0.39 is 0 Å². The van der Waals surface area contributed by atoms with E-state index in [9.17, 15) is 9.59 Å². The van der Waals surface area contributed by atoms with Crippen LogP contribution in [0.3, 0.4) is 0 Å². The molecule has 2 aromatic heterocycles. The lowest BCUT2D eigenvalue weighted by Gasteiger charge is -2.26. The number of carbonyl (C=O) groups excluding carboxylic acids is 1. The first-order valence-electron chi connectivity index (χ1n) is 11.5. The second-order valence-electron chi connectivity index (χ2n) is 8.38. The Morgan fingerprint density at radius 2 is 1.97 bits per heavy atom. The van der Waals surface area contributed by atoms with Gasteiger partial charge in [0.2, 0.25) is 0 Å². The molecule has 2 aromatic carbocycles. The summed E-state index contributed by atoms with van der Waals surface area (Å²) in [6.07, 6.45) is 3.11. The second-order valence-corrected chi connectivity index (χ2v) is 8.38. The maximum atomic E-state index is 13.5. The van der Waals surface area contributed by atoms with Gasteiger partial charge in [0.05, 0.1) is 24.3 Å². The Kier molecular flexibility index (Phi) is 6.60. The Labute approximate surface area is 201 Å². The number of nitrogens with zero attached hydrogens (tertiary/aromatic N) is 3. The van der Waals surface area contributed by atoms with Gasteiger partial charge in [-0.3, -0.25) is 19.1 Å². The van der Waals surface area contributed by atoms with E-state index >= 15 is 0 Å². The number of nitrogens with one attached hydrogen (secondary N) is 1.